The molecule has 0 saturated carbocycles. The van der Waals surface area contributed by atoms with Crippen LogP contribution in [0, 0.1) is 0 Å². The van der Waals surface area contributed by atoms with E-state index in [1.54, 1.807) is 0 Å². The first kappa shape index (κ1) is 64.3. The van der Waals surface area contributed by atoms with E-state index in [1.807, 2.05) is 0 Å². The van der Waals surface area contributed by atoms with Crippen LogP contribution in [-0.2, 0) is 38.3 Å². The monoisotopic (exact) mass is 993 g/mol. The van der Waals surface area contributed by atoms with Crippen LogP contribution in [0.15, 0.2) is 85.1 Å². The molecule has 4 N–H and O–H groups in total. The first-order chi connectivity index (χ1) is 33.6. The van der Waals surface area contributed by atoms with Gasteiger partial charge in [0.2, 0.25) is 0 Å². The summed E-state index contributed by atoms with van der Waals surface area (Å²) in [6.07, 6.45) is 53.3. The molecule has 1 fully saturated rings. The molecule has 1 saturated heterocycles. The van der Waals surface area contributed by atoms with Gasteiger partial charge in [-0.25, -0.2) is 4.18 Å². The molecule has 0 aliphatic carbocycles. The topological polar surface area (TPSA) is 178 Å². The molecule has 12 nitrogen and oxygen atoms in total. The van der Waals surface area contributed by atoms with E-state index in [-0.39, 0.29) is 19.6 Å². The zero-order chi connectivity index (χ0) is 50.3. The van der Waals surface area contributed by atoms with Gasteiger partial charge in [-0.1, -0.05) is 208 Å². The van der Waals surface area contributed by atoms with Crippen molar-refractivity contribution in [3.05, 3.63) is 85.1 Å². The van der Waals surface area contributed by atoms with Crippen LogP contribution in [0.2, 0.25) is 0 Å². The highest BCUT2D eigenvalue weighted by Gasteiger charge is 2.48. The standard InChI is InChI=1S/C56H96O12S/c1-3-5-7-9-11-13-15-17-19-21-22-23-24-25-26-27-28-29-30-32-34-36-38-40-42-44-46-64-48-50(49-65-56-54(60)55(68-69(61,62)63)53(59)51(47-57)67-56)66-52(58)45-43-41-39-37-35-33-31-20-18-16-14-12-10-8-6-4-2/h5,7,11,13,17,19,22-23,25-26,28-29,32,34,50-51,53-57,59-60H,3-4,6,8-10,12,14-16,18,20-21,24,27,30-31,33,35-49H2,1-2H3,(H,61,62,63)/b7-5-,13-11-,19-17-,23-22-,26-25-,29-28-,34-32-. The van der Waals surface area contributed by atoms with E-state index < -0.39 is 59.8 Å². The highest BCUT2D eigenvalue weighted by molar-refractivity contribution is 7.80. The minimum absolute atomic E-state index is 0.0157. The molecular formula is C56H96O12S. The van der Waals surface area contributed by atoms with Crippen molar-refractivity contribution in [3.63, 3.8) is 0 Å². The van der Waals surface area contributed by atoms with Gasteiger partial charge >= 0.3 is 16.4 Å². The summed E-state index contributed by atoms with van der Waals surface area (Å²) >= 11 is 0. The lowest BCUT2D eigenvalue weighted by Crippen LogP contribution is -2.60. The SMILES string of the molecule is CC/C=C\C/C=C\C/C=C\C/C=C\C/C=C\C/C=C\C/C=C\CCCCCCOCC(COC1OC(CO)C(O)C(OS(=O)(=O)O)C1O)OC(=O)CCCCCCCCCCCCCCCCCC. The van der Waals surface area contributed by atoms with Crippen molar-refractivity contribution >= 4 is 16.4 Å². The summed E-state index contributed by atoms with van der Waals surface area (Å²) in [4.78, 5) is 12.9. The fourth-order valence-electron chi connectivity index (χ4n) is 7.77. The quantitative estimate of drug-likeness (QED) is 0.0197. The maximum absolute atomic E-state index is 12.9. The van der Waals surface area contributed by atoms with Crippen LogP contribution in [0.1, 0.15) is 200 Å². The van der Waals surface area contributed by atoms with Gasteiger partial charge < -0.3 is 34.3 Å². The van der Waals surface area contributed by atoms with Crippen LogP contribution in [0.3, 0.4) is 0 Å². The van der Waals surface area contributed by atoms with Crippen molar-refractivity contribution in [3.8, 4) is 0 Å². The summed E-state index contributed by atoms with van der Waals surface area (Å²) in [6, 6.07) is 0. The number of allylic oxidation sites excluding steroid dienone is 14. The van der Waals surface area contributed by atoms with Crippen LogP contribution < -0.4 is 0 Å². The Morgan fingerprint density at radius 1 is 0.565 bits per heavy atom. The Hall–Kier alpha value is -2.72. The number of carbonyl (C=O) groups excluding carboxylic acids is 1. The Balaban J connectivity index is 2.36. The molecule has 398 valence electrons. The number of ether oxygens (including phenoxy) is 4. The zero-order valence-corrected chi connectivity index (χ0v) is 43.7. The maximum Gasteiger partial charge on any atom is 0.397 e. The van der Waals surface area contributed by atoms with Crippen molar-refractivity contribution < 1.29 is 56.2 Å². The van der Waals surface area contributed by atoms with Gasteiger partial charge in [0.05, 0.1) is 19.8 Å². The molecule has 0 bridgehead atoms. The number of rotatable bonds is 46. The van der Waals surface area contributed by atoms with Crippen molar-refractivity contribution in [2.45, 2.75) is 237 Å². The van der Waals surface area contributed by atoms with E-state index >= 15 is 0 Å². The summed E-state index contributed by atoms with van der Waals surface area (Å²) < 4.78 is 59.3. The molecule has 0 aromatic heterocycles. The molecule has 0 radical (unpaired) electrons. The van der Waals surface area contributed by atoms with Gasteiger partial charge in [-0.05, 0) is 70.6 Å². The Bertz CT molecular complexity index is 1520. The minimum atomic E-state index is -5.07. The second-order valence-corrected chi connectivity index (χ2v) is 19.1. The van der Waals surface area contributed by atoms with Gasteiger partial charge in [0.1, 0.15) is 30.5 Å². The minimum Gasteiger partial charge on any atom is -0.457 e. The van der Waals surface area contributed by atoms with Crippen molar-refractivity contribution in [2.24, 2.45) is 0 Å². The van der Waals surface area contributed by atoms with Crippen LogP contribution in [0.25, 0.3) is 0 Å². The number of aliphatic hydroxyl groups is 3. The average molecular weight is 993 g/mol. The largest absolute Gasteiger partial charge is 0.457 e. The van der Waals surface area contributed by atoms with E-state index in [0.717, 1.165) is 96.3 Å². The third kappa shape index (κ3) is 39.6. The van der Waals surface area contributed by atoms with Crippen molar-refractivity contribution in [2.75, 3.05) is 26.4 Å². The summed E-state index contributed by atoms with van der Waals surface area (Å²) in [5.74, 6) is -0.409. The number of carbonyl (C=O) groups is 1. The van der Waals surface area contributed by atoms with E-state index in [0.29, 0.717) is 13.0 Å². The van der Waals surface area contributed by atoms with Gasteiger partial charge in [-0.3, -0.25) is 9.35 Å². The molecule has 0 aromatic rings. The molecule has 13 heteroatoms. The van der Waals surface area contributed by atoms with Crippen LogP contribution in [-0.4, -0.2) is 97.5 Å². The molecular weight excluding hydrogens is 897 g/mol. The Kier molecular flexibility index (Phi) is 43.2. The number of esters is 1. The third-order valence-corrected chi connectivity index (χ3v) is 12.2. The van der Waals surface area contributed by atoms with E-state index in [1.165, 1.54) is 77.0 Å². The molecule has 0 amide bonds. The number of hydrogen-bond acceptors (Lipinski definition) is 11. The van der Waals surface area contributed by atoms with Crippen molar-refractivity contribution in [1.82, 2.24) is 0 Å². The second kappa shape index (κ2) is 46.4. The average Bonchev–Trinajstić information content (AvgIpc) is 3.32. The molecule has 0 aromatic carbocycles. The molecule has 0 spiro atoms. The second-order valence-electron chi connectivity index (χ2n) is 18.1. The zero-order valence-electron chi connectivity index (χ0n) is 42.8. The number of unbranched alkanes of at least 4 members (excludes halogenated alkanes) is 19. The fraction of sp³-hybridized carbons (Fsp3) is 0.732. The Labute approximate surface area is 419 Å². The Morgan fingerprint density at radius 2 is 1.00 bits per heavy atom. The maximum atomic E-state index is 12.9. The summed E-state index contributed by atoms with van der Waals surface area (Å²) in [5, 5.41) is 30.8. The van der Waals surface area contributed by atoms with Gasteiger partial charge in [0.15, 0.2) is 6.29 Å². The molecule has 1 aliphatic rings. The van der Waals surface area contributed by atoms with Crippen LogP contribution >= 0.6 is 0 Å². The lowest BCUT2D eigenvalue weighted by Gasteiger charge is -2.41. The smallest absolute Gasteiger partial charge is 0.397 e. The lowest BCUT2D eigenvalue weighted by molar-refractivity contribution is -0.301. The van der Waals surface area contributed by atoms with E-state index in [2.05, 4.69) is 103 Å². The van der Waals surface area contributed by atoms with E-state index in [4.69, 9.17) is 18.9 Å². The van der Waals surface area contributed by atoms with Crippen molar-refractivity contribution in [1.29, 1.82) is 0 Å². The predicted octanol–water partition coefficient (Wildman–Crippen LogP) is 12.8. The van der Waals surface area contributed by atoms with Crippen LogP contribution in [0.4, 0.5) is 0 Å². The number of aliphatic hydroxyl groups excluding tert-OH is 3. The Morgan fingerprint density at radius 3 is 1.46 bits per heavy atom. The molecule has 1 aliphatic heterocycles. The molecule has 69 heavy (non-hydrogen) atoms. The molecule has 6 unspecified atom stereocenters. The highest BCUT2D eigenvalue weighted by Crippen LogP contribution is 2.26. The molecule has 1 rings (SSSR count). The fourth-order valence-corrected chi connectivity index (χ4v) is 8.28. The van der Waals surface area contributed by atoms with E-state index in [9.17, 15) is 33.1 Å². The summed E-state index contributed by atoms with van der Waals surface area (Å²) in [6.45, 7) is 3.82. The highest BCUT2D eigenvalue weighted by atomic mass is 32.3. The summed E-state index contributed by atoms with van der Waals surface area (Å²) in [7, 11) is -5.07. The molecule has 1 heterocycles. The third-order valence-electron chi connectivity index (χ3n) is 11.8. The lowest BCUT2D eigenvalue weighted by atomic mass is 9.99. The first-order valence-electron chi connectivity index (χ1n) is 26.8. The van der Waals surface area contributed by atoms with Gasteiger partial charge in [-0.15, -0.1) is 0 Å². The van der Waals surface area contributed by atoms with Gasteiger partial charge in [0, 0.05) is 13.0 Å². The predicted molar refractivity (Wildman–Crippen MR) is 280 cm³/mol. The molecule has 6 atom stereocenters. The first-order valence-corrected chi connectivity index (χ1v) is 28.2. The normalized spacial score (nSPS) is 19.9. The van der Waals surface area contributed by atoms with Crippen LogP contribution in [0.5, 0.6) is 0 Å². The number of hydrogen-bond donors (Lipinski definition) is 4. The van der Waals surface area contributed by atoms with Gasteiger partial charge in [-0.2, -0.15) is 8.42 Å². The summed E-state index contributed by atoms with van der Waals surface area (Å²) in [5.41, 5.74) is 0. The van der Waals surface area contributed by atoms with Gasteiger partial charge in [0.25, 0.3) is 0 Å².